The highest BCUT2D eigenvalue weighted by molar-refractivity contribution is 5.97. The molecule has 0 saturated carbocycles. The fraction of sp³-hybridized carbons (Fsp3) is 0.562. The van der Waals surface area contributed by atoms with E-state index < -0.39 is 0 Å². The van der Waals surface area contributed by atoms with Gasteiger partial charge in [0.05, 0.1) is 0 Å². The Morgan fingerprint density at radius 2 is 1.95 bits per heavy atom. The summed E-state index contributed by atoms with van der Waals surface area (Å²) in [7, 11) is 0. The van der Waals surface area contributed by atoms with E-state index in [-0.39, 0.29) is 5.91 Å². The van der Waals surface area contributed by atoms with Crippen molar-refractivity contribution in [1.29, 1.82) is 0 Å². The minimum absolute atomic E-state index is 0.167. The number of nitrogens with two attached hydrogens (primary N) is 1. The number of carbonyl (C=O) groups excluding carboxylic acids is 1. The van der Waals surface area contributed by atoms with E-state index >= 15 is 0 Å². The molecule has 0 unspecified atom stereocenters. The maximum atomic E-state index is 12.6. The van der Waals surface area contributed by atoms with Crippen molar-refractivity contribution < 1.29 is 4.79 Å². The molecular weight excluding hydrogens is 236 g/mol. The Kier molecular flexibility index (Phi) is 4.46. The zero-order chi connectivity index (χ0) is 13.8. The average molecular weight is 260 g/mol. The summed E-state index contributed by atoms with van der Waals surface area (Å²) < 4.78 is 0. The van der Waals surface area contributed by atoms with Crippen molar-refractivity contribution in [3.05, 3.63) is 29.3 Å². The number of benzene rings is 1. The lowest BCUT2D eigenvalue weighted by atomic mass is 9.95. The van der Waals surface area contributed by atoms with Gasteiger partial charge in [0.25, 0.3) is 5.91 Å². The molecule has 1 aliphatic rings. The van der Waals surface area contributed by atoms with Gasteiger partial charge in [0, 0.05) is 23.8 Å². The normalized spacial score (nSPS) is 14.9. The maximum absolute atomic E-state index is 12.6. The van der Waals surface area contributed by atoms with Crippen molar-refractivity contribution in [3.63, 3.8) is 0 Å². The largest absolute Gasteiger partial charge is 0.399 e. The number of fused-ring (bicyclic) bond motifs is 1. The van der Waals surface area contributed by atoms with Gasteiger partial charge >= 0.3 is 0 Å². The minimum atomic E-state index is 0.167. The average Bonchev–Trinajstić information content (AvgIpc) is 2.40. The third-order valence-electron chi connectivity index (χ3n) is 3.93. The third-order valence-corrected chi connectivity index (χ3v) is 3.93. The first-order valence-electron chi connectivity index (χ1n) is 7.36. The molecule has 2 rings (SSSR count). The topological polar surface area (TPSA) is 46.3 Å². The monoisotopic (exact) mass is 260 g/mol. The van der Waals surface area contributed by atoms with Gasteiger partial charge in [-0.15, -0.1) is 0 Å². The highest BCUT2D eigenvalue weighted by atomic mass is 16.2. The molecule has 0 bridgehead atoms. The lowest BCUT2D eigenvalue weighted by molar-refractivity contribution is 0.0637. The van der Waals surface area contributed by atoms with Crippen molar-refractivity contribution in [2.24, 2.45) is 0 Å². The predicted molar refractivity (Wildman–Crippen MR) is 79.2 cm³/mol. The Labute approximate surface area is 115 Å². The fourth-order valence-corrected chi connectivity index (χ4v) is 2.98. The van der Waals surface area contributed by atoms with E-state index in [1.165, 1.54) is 0 Å². The molecule has 1 aromatic rings. The Bertz CT molecular complexity index is 450. The van der Waals surface area contributed by atoms with Crippen molar-refractivity contribution in [2.75, 3.05) is 12.3 Å². The molecule has 1 aromatic carbocycles. The standard InChI is InChI=1S/C16H24N2O/c1-3-5-14(6-4-2)18-10-9-12-7-8-13(17)11-15(12)16(18)19/h7-8,11,14H,3-6,9-10,17H2,1-2H3. The number of carbonyl (C=O) groups is 1. The second kappa shape index (κ2) is 6.09. The molecule has 3 heteroatoms. The van der Waals surface area contributed by atoms with Crippen molar-refractivity contribution in [2.45, 2.75) is 52.0 Å². The van der Waals surface area contributed by atoms with Crippen molar-refractivity contribution in [3.8, 4) is 0 Å². The molecule has 0 radical (unpaired) electrons. The van der Waals surface area contributed by atoms with Crippen LogP contribution in [0.25, 0.3) is 0 Å². The van der Waals surface area contributed by atoms with E-state index in [0.717, 1.165) is 49.8 Å². The van der Waals surface area contributed by atoms with Crippen LogP contribution in [0.1, 0.15) is 55.5 Å². The summed E-state index contributed by atoms with van der Waals surface area (Å²) in [5.74, 6) is 0.167. The zero-order valence-corrected chi connectivity index (χ0v) is 12.0. The molecule has 0 aromatic heterocycles. The van der Waals surface area contributed by atoms with Crippen molar-refractivity contribution in [1.82, 2.24) is 4.90 Å². The first-order valence-corrected chi connectivity index (χ1v) is 7.36. The van der Waals surface area contributed by atoms with Crippen LogP contribution >= 0.6 is 0 Å². The van der Waals surface area contributed by atoms with E-state index in [1.54, 1.807) is 0 Å². The zero-order valence-electron chi connectivity index (χ0n) is 12.0. The molecule has 1 amide bonds. The molecule has 0 spiro atoms. The Balaban J connectivity index is 2.23. The highest BCUT2D eigenvalue weighted by Crippen LogP contribution is 2.25. The molecule has 1 heterocycles. The van der Waals surface area contributed by atoms with Gasteiger partial charge in [-0.05, 0) is 37.0 Å². The summed E-state index contributed by atoms with van der Waals surface area (Å²) in [5.41, 5.74) is 8.44. The molecule has 0 fully saturated rings. The van der Waals surface area contributed by atoms with Gasteiger partial charge in [-0.1, -0.05) is 32.8 Å². The number of rotatable bonds is 5. The number of nitrogens with zero attached hydrogens (tertiary/aromatic N) is 1. The number of amides is 1. The summed E-state index contributed by atoms with van der Waals surface area (Å²) in [5, 5.41) is 0. The quantitative estimate of drug-likeness (QED) is 0.826. The van der Waals surface area contributed by atoms with Crippen LogP contribution in [0.2, 0.25) is 0 Å². The van der Waals surface area contributed by atoms with E-state index in [0.29, 0.717) is 11.7 Å². The molecule has 1 aliphatic heterocycles. The highest BCUT2D eigenvalue weighted by Gasteiger charge is 2.29. The maximum Gasteiger partial charge on any atom is 0.254 e. The van der Waals surface area contributed by atoms with Crippen LogP contribution in [0.3, 0.4) is 0 Å². The van der Waals surface area contributed by atoms with E-state index in [2.05, 4.69) is 18.7 Å². The smallest absolute Gasteiger partial charge is 0.254 e. The van der Waals surface area contributed by atoms with Crippen LogP contribution < -0.4 is 5.73 Å². The minimum Gasteiger partial charge on any atom is -0.399 e. The molecule has 0 saturated heterocycles. The third kappa shape index (κ3) is 2.91. The van der Waals surface area contributed by atoms with E-state index in [4.69, 9.17) is 5.73 Å². The van der Waals surface area contributed by atoms with Gasteiger partial charge in [-0.2, -0.15) is 0 Å². The number of anilines is 1. The summed E-state index contributed by atoms with van der Waals surface area (Å²) in [6.07, 6.45) is 5.39. The Hall–Kier alpha value is -1.51. The first kappa shape index (κ1) is 13.9. The van der Waals surface area contributed by atoms with Crippen LogP contribution in [0.4, 0.5) is 5.69 Å². The summed E-state index contributed by atoms with van der Waals surface area (Å²) in [4.78, 5) is 14.7. The SMILES string of the molecule is CCCC(CCC)N1CCc2ccc(N)cc2C1=O. The number of hydrogen-bond donors (Lipinski definition) is 1. The Morgan fingerprint density at radius 1 is 1.26 bits per heavy atom. The van der Waals surface area contributed by atoms with Gasteiger partial charge in [0.2, 0.25) is 0 Å². The van der Waals surface area contributed by atoms with Gasteiger partial charge < -0.3 is 10.6 Å². The lowest BCUT2D eigenvalue weighted by Crippen LogP contribution is -2.44. The Morgan fingerprint density at radius 3 is 2.58 bits per heavy atom. The first-order chi connectivity index (χ1) is 9.17. The fourth-order valence-electron chi connectivity index (χ4n) is 2.98. The van der Waals surface area contributed by atoms with Gasteiger partial charge in [-0.25, -0.2) is 0 Å². The second-order valence-corrected chi connectivity index (χ2v) is 5.40. The molecule has 3 nitrogen and oxygen atoms in total. The van der Waals surface area contributed by atoms with Crippen LogP contribution in [0.5, 0.6) is 0 Å². The van der Waals surface area contributed by atoms with Crippen LogP contribution in [0, 0.1) is 0 Å². The summed E-state index contributed by atoms with van der Waals surface area (Å²) >= 11 is 0. The van der Waals surface area contributed by atoms with Crippen LogP contribution in [0.15, 0.2) is 18.2 Å². The van der Waals surface area contributed by atoms with Gasteiger partial charge in [0.1, 0.15) is 0 Å². The summed E-state index contributed by atoms with van der Waals surface area (Å²) in [6, 6.07) is 6.10. The summed E-state index contributed by atoms with van der Waals surface area (Å²) in [6.45, 7) is 5.21. The molecule has 0 aliphatic carbocycles. The van der Waals surface area contributed by atoms with Gasteiger partial charge in [0.15, 0.2) is 0 Å². The van der Waals surface area contributed by atoms with Gasteiger partial charge in [-0.3, -0.25) is 4.79 Å². The van der Waals surface area contributed by atoms with Crippen LogP contribution in [-0.4, -0.2) is 23.4 Å². The molecule has 0 atom stereocenters. The molecule has 104 valence electrons. The molecule has 2 N–H and O–H groups in total. The molecular formula is C16H24N2O. The van der Waals surface area contributed by atoms with E-state index in [1.807, 2.05) is 18.2 Å². The second-order valence-electron chi connectivity index (χ2n) is 5.40. The van der Waals surface area contributed by atoms with Crippen molar-refractivity contribution >= 4 is 11.6 Å². The van der Waals surface area contributed by atoms with Crippen LogP contribution in [-0.2, 0) is 6.42 Å². The van der Waals surface area contributed by atoms with E-state index in [9.17, 15) is 4.79 Å². The number of nitrogen functional groups attached to an aromatic ring is 1. The molecule has 19 heavy (non-hydrogen) atoms. The number of hydrogen-bond acceptors (Lipinski definition) is 2. The lowest BCUT2D eigenvalue weighted by Gasteiger charge is -2.35. The predicted octanol–water partition coefficient (Wildman–Crippen LogP) is 3.24.